The van der Waals surface area contributed by atoms with Crippen molar-refractivity contribution in [2.45, 2.75) is 84.7 Å². The summed E-state index contributed by atoms with van der Waals surface area (Å²) in [5, 5.41) is 5.09. The number of rotatable bonds is 10. The van der Waals surface area contributed by atoms with Crippen LogP contribution in [-0.2, 0) is 22.3 Å². The number of hydrogen-bond acceptors (Lipinski definition) is 6. The molecule has 0 aliphatic carbocycles. The molecule has 2 rings (SSSR count). The first-order chi connectivity index (χ1) is 15.0. The van der Waals surface area contributed by atoms with Crippen molar-refractivity contribution in [2.24, 2.45) is 0 Å². The minimum absolute atomic E-state index is 0.138. The molecule has 7 nitrogen and oxygen atoms in total. The van der Waals surface area contributed by atoms with Gasteiger partial charge in [0, 0.05) is 33.3 Å². The van der Waals surface area contributed by atoms with Crippen LogP contribution < -0.4 is 11.5 Å². The van der Waals surface area contributed by atoms with E-state index < -0.39 is 16.4 Å². The highest BCUT2D eigenvalue weighted by Crippen LogP contribution is 2.38. The maximum Gasteiger partial charge on any atom is 0.191 e. The number of aryl methyl sites for hydroxylation is 1. The molecule has 0 atom stereocenters. The van der Waals surface area contributed by atoms with Crippen LogP contribution in [0.1, 0.15) is 32.2 Å². The van der Waals surface area contributed by atoms with E-state index in [2.05, 4.69) is 63.6 Å². The molecule has 0 bridgehead atoms. The summed E-state index contributed by atoms with van der Waals surface area (Å²) in [6.07, 6.45) is 0.575. The van der Waals surface area contributed by atoms with Gasteiger partial charge in [0.1, 0.15) is 11.9 Å². The highest BCUT2D eigenvalue weighted by Gasteiger charge is 2.37. The number of halogens is 1. The Balaban J connectivity index is 2.28. The summed E-state index contributed by atoms with van der Waals surface area (Å²) in [5.41, 5.74) is 17.0. The van der Waals surface area contributed by atoms with Crippen LogP contribution in [0.5, 0.6) is 0 Å². The van der Waals surface area contributed by atoms with E-state index in [0.29, 0.717) is 54.3 Å². The van der Waals surface area contributed by atoms with E-state index in [4.69, 9.17) is 32.2 Å². The molecule has 0 saturated carbocycles. The number of hydrogen-bond donors (Lipinski definition) is 2. The number of ether oxygens (including phenoxy) is 1. The number of nitrogen functional groups attached to an aromatic ring is 2. The molecule has 0 saturated heterocycles. The average molecular weight is 512 g/mol. The third kappa shape index (κ3) is 7.29. The van der Waals surface area contributed by atoms with Crippen LogP contribution >= 0.6 is 11.6 Å². The number of nitrogens with zero attached hydrogens (tertiary/aromatic N) is 3. The molecule has 0 aromatic carbocycles. The van der Waals surface area contributed by atoms with Crippen LogP contribution in [-0.4, -0.2) is 44.4 Å². The minimum atomic E-state index is -1.86. The molecular formula is C23H42ClN5O2Si2. The first-order valence-corrected chi connectivity index (χ1v) is 18.5. The van der Waals surface area contributed by atoms with Crippen molar-refractivity contribution < 1.29 is 9.16 Å². The quantitative estimate of drug-likeness (QED) is 0.232. The van der Waals surface area contributed by atoms with Gasteiger partial charge in [0.05, 0.1) is 28.5 Å². The van der Waals surface area contributed by atoms with E-state index in [1.54, 1.807) is 10.7 Å². The van der Waals surface area contributed by atoms with E-state index in [1.807, 2.05) is 6.92 Å². The lowest BCUT2D eigenvalue weighted by Gasteiger charge is -2.36. The fourth-order valence-corrected chi connectivity index (χ4v) is 5.10. The van der Waals surface area contributed by atoms with Crippen LogP contribution in [0.15, 0.2) is 6.07 Å². The van der Waals surface area contributed by atoms with Crippen molar-refractivity contribution >= 4 is 39.4 Å². The van der Waals surface area contributed by atoms with Gasteiger partial charge in [0.15, 0.2) is 8.32 Å². The Bertz CT molecular complexity index is 965. The number of nitrogens with two attached hydrogens (primary N) is 2. The largest absolute Gasteiger partial charge is 0.416 e. The number of pyridine rings is 1. The maximum atomic E-state index is 6.58. The van der Waals surface area contributed by atoms with Crippen LogP contribution in [0.2, 0.25) is 49.0 Å². The van der Waals surface area contributed by atoms with E-state index in [-0.39, 0.29) is 5.04 Å². The van der Waals surface area contributed by atoms with Gasteiger partial charge in [-0.2, -0.15) is 5.10 Å². The normalized spacial score (nSPS) is 13.0. The predicted octanol–water partition coefficient (Wildman–Crippen LogP) is 5.95. The van der Waals surface area contributed by atoms with Gasteiger partial charge in [0.2, 0.25) is 0 Å². The lowest BCUT2D eigenvalue weighted by molar-refractivity contribution is 0.0796. The summed E-state index contributed by atoms with van der Waals surface area (Å²) in [6, 6.07) is 2.83. The van der Waals surface area contributed by atoms with Gasteiger partial charge in [-0.3, -0.25) is 0 Å². The molecule has 0 aliphatic heterocycles. The zero-order valence-corrected chi connectivity index (χ0v) is 24.6. The third-order valence-electron chi connectivity index (χ3n) is 6.35. The Labute approximate surface area is 206 Å². The fourth-order valence-electron chi connectivity index (χ4n) is 3.08. The van der Waals surface area contributed by atoms with Gasteiger partial charge in [-0.15, -0.1) is 0 Å². The van der Waals surface area contributed by atoms with Crippen molar-refractivity contribution in [3.05, 3.63) is 22.6 Å². The second-order valence-electron chi connectivity index (χ2n) is 11.4. The standard InChI is InChI=1S/C23H42ClN5O2Si2/c1-16-20(25)22(29(28-16)15-30-12-13-32(5,6)7)17-14-19(24)27-18(21(17)26)10-11-31-33(8,9)23(2,3)4/h14H,10-13,15,25-26H2,1-9H3. The summed E-state index contributed by atoms with van der Waals surface area (Å²) in [5.74, 6) is 0. The molecule has 33 heavy (non-hydrogen) atoms. The van der Waals surface area contributed by atoms with E-state index in [0.717, 1.165) is 17.3 Å². The monoisotopic (exact) mass is 511 g/mol. The van der Waals surface area contributed by atoms with Gasteiger partial charge < -0.3 is 20.6 Å². The van der Waals surface area contributed by atoms with Gasteiger partial charge in [-0.05, 0) is 37.2 Å². The fraction of sp³-hybridized carbons (Fsp3) is 0.652. The van der Waals surface area contributed by atoms with Gasteiger partial charge >= 0.3 is 0 Å². The number of anilines is 2. The molecule has 0 fully saturated rings. The summed E-state index contributed by atoms with van der Waals surface area (Å²) < 4.78 is 14.0. The Hall–Kier alpha value is -1.40. The van der Waals surface area contributed by atoms with Crippen molar-refractivity contribution in [1.82, 2.24) is 14.8 Å². The van der Waals surface area contributed by atoms with Crippen molar-refractivity contribution in [3.63, 3.8) is 0 Å². The second kappa shape index (κ2) is 10.5. The minimum Gasteiger partial charge on any atom is -0.416 e. The zero-order valence-electron chi connectivity index (χ0n) is 21.8. The van der Waals surface area contributed by atoms with Gasteiger partial charge in [0.25, 0.3) is 0 Å². The molecule has 0 unspecified atom stereocenters. The predicted molar refractivity (Wildman–Crippen MR) is 145 cm³/mol. The Morgan fingerprint density at radius 2 is 1.70 bits per heavy atom. The van der Waals surface area contributed by atoms with E-state index in [9.17, 15) is 0 Å². The third-order valence-corrected chi connectivity index (χ3v) is 12.8. The van der Waals surface area contributed by atoms with Gasteiger partial charge in [-0.25, -0.2) is 9.67 Å². The van der Waals surface area contributed by atoms with Crippen LogP contribution in [0.4, 0.5) is 11.4 Å². The van der Waals surface area contributed by atoms with E-state index >= 15 is 0 Å². The zero-order chi connectivity index (χ0) is 25.2. The summed E-state index contributed by atoms with van der Waals surface area (Å²) >= 11 is 6.41. The molecular weight excluding hydrogens is 470 g/mol. The molecule has 0 aliphatic rings. The summed E-state index contributed by atoms with van der Waals surface area (Å²) in [4.78, 5) is 4.49. The topological polar surface area (TPSA) is 101 Å². The summed E-state index contributed by atoms with van der Waals surface area (Å²) in [6.45, 7) is 21.5. The van der Waals surface area contributed by atoms with Crippen molar-refractivity contribution in [3.8, 4) is 11.3 Å². The Morgan fingerprint density at radius 3 is 2.27 bits per heavy atom. The van der Waals surface area contributed by atoms with Crippen LogP contribution in [0.3, 0.4) is 0 Å². The average Bonchev–Trinajstić information content (AvgIpc) is 2.93. The Morgan fingerprint density at radius 1 is 1.06 bits per heavy atom. The van der Waals surface area contributed by atoms with Crippen molar-refractivity contribution in [2.75, 3.05) is 24.7 Å². The van der Waals surface area contributed by atoms with Crippen molar-refractivity contribution in [1.29, 1.82) is 0 Å². The first kappa shape index (κ1) is 27.8. The highest BCUT2D eigenvalue weighted by molar-refractivity contribution is 6.76. The highest BCUT2D eigenvalue weighted by atomic mass is 35.5. The van der Waals surface area contributed by atoms with Gasteiger partial charge in [-0.1, -0.05) is 52.0 Å². The second-order valence-corrected chi connectivity index (χ2v) is 22.2. The molecule has 0 spiro atoms. The SMILES string of the molecule is Cc1nn(COCC[Si](C)(C)C)c(-c2cc(Cl)nc(CCO[Si](C)(C)C(C)(C)C)c2N)c1N. The first-order valence-electron chi connectivity index (χ1n) is 11.5. The molecule has 2 aromatic rings. The Kier molecular flexibility index (Phi) is 8.84. The lowest BCUT2D eigenvalue weighted by Crippen LogP contribution is -2.41. The maximum absolute atomic E-state index is 6.58. The van der Waals surface area contributed by atoms with Crippen LogP contribution in [0, 0.1) is 6.92 Å². The number of aromatic nitrogens is 3. The van der Waals surface area contributed by atoms with E-state index in [1.165, 1.54) is 0 Å². The molecule has 0 radical (unpaired) electrons. The lowest BCUT2D eigenvalue weighted by atomic mass is 10.1. The summed E-state index contributed by atoms with van der Waals surface area (Å²) in [7, 11) is -3.04. The molecule has 186 valence electrons. The van der Waals surface area contributed by atoms with Crippen LogP contribution in [0.25, 0.3) is 11.3 Å². The molecule has 0 amide bonds. The smallest absolute Gasteiger partial charge is 0.191 e. The molecule has 2 aromatic heterocycles. The molecule has 2 heterocycles. The molecule has 4 N–H and O–H groups in total. The molecule has 10 heteroatoms.